The van der Waals surface area contributed by atoms with Crippen molar-refractivity contribution in [2.24, 2.45) is 0 Å². The molecule has 0 amide bonds. The van der Waals surface area contributed by atoms with E-state index in [4.69, 9.17) is 0 Å². The highest BCUT2D eigenvalue weighted by Crippen LogP contribution is 2.23. The Balaban J connectivity index is 1.59. The van der Waals surface area contributed by atoms with Gasteiger partial charge in [0, 0.05) is 43.8 Å². The molecular weight excluding hydrogens is 302 g/mol. The van der Waals surface area contributed by atoms with Crippen molar-refractivity contribution < 1.29 is 0 Å². The van der Waals surface area contributed by atoms with Crippen LogP contribution in [0.2, 0.25) is 0 Å². The Morgan fingerprint density at radius 1 is 0.958 bits per heavy atom. The maximum atomic E-state index is 4.43. The van der Waals surface area contributed by atoms with Crippen molar-refractivity contribution in [3.63, 3.8) is 0 Å². The van der Waals surface area contributed by atoms with Crippen molar-refractivity contribution in [3.8, 4) is 0 Å². The zero-order valence-electron chi connectivity index (χ0n) is 14.1. The molecule has 0 atom stereocenters. The predicted molar refractivity (Wildman–Crippen MR) is 93.5 cm³/mol. The van der Waals surface area contributed by atoms with Crippen LogP contribution in [0, 0.1) is 13.8 Å². The second-order valence-electron chi connectivity index (χ2n) is 6.25. The number of aryl methyl sites for hydroxylation is 2. The van der Waals surface area contributed by atoms with Crippen molar-refractivity contribution in [3.05, 3.63) is 42.1 Å². The summed E-state index contributed by atoms with van der Waals surface area (Å²) >= 11 is 0. The third kappa shape index (κ3) is 2.77. The molecule has 1 fully saturated rings. The van der Waals surface area contributed by atoms with Crippen LogP contribution in [0.5, 0.6) is 0 Å². The lowest BCUT2D eigenvalue weighted by atomic mass is 10.3. The fourth-order valence-corrected chi connectivity index (χ4v) is 3.31. The van der Waals surface area contributed by atoms with Crippen LogP contribution in [0.15, 0.2) is 30.7 Å². The molecule has 1 saturated heterocycles. The molecule has 124 valence electrons. The second kappa shape index (κ2) is 6.07. The van der Waals surface area contributed by atoms with Gasteiger partial charge in [0.1, 0.15) is 6.33 Å². The van der Waals surface area contributed by atoms with Gasteiger partial charge in [0.2, 0.25) is 5.65 Å². The van der Waals surface area contributed by atoms with Crippen LogP contribution in [0.4, 0.5) is 11.4 Å². The first-order valence-electron chi connectivity index (χ1n) is 8.31. The molecule has 1 aliphatic rings. The van der Waals surface area contributed by atoms with Crippen molar-refractivity contribution in [2.75, 3.05) is 36.0 Å². The number of fused-ring (bicyclic) bond motifs is 1. The average molecular weight is 323 g/mol. The van der Waals surface area contributed by atoms with Crippen molar-refractivity contribution in [1.82, 2.24) is 24.8 Å². The van der Waals surface area contributed by atoms with Crippen LogP contribution in [0.25, 0.3) is 5.65 Å². The van der Waals surface area contributed by atoms with E-state index < -0.39 is 0 Å². The number of hydrogen-bond donors (Lipinski definition) is 0. The molecule has 0 aliphatic carbocycles. The zero-order valence-corrected chi connectivity index (χ0v) is 14.1. The summed E-state index contributed by atoms with van der Waals surface area (Å²) in [6.07, 6.45) is 4.65. The third-order valence-electron chi connectivity index (χ3n) is 4.45. The van der Waals surface area contributed by atoms with E-state index in [1.807, 2.05) is 20.0 Å². The SMILES string of the molecule is Cc1cc(N2CCCN(c3cc(C)nn4cnnc34)CC2)ccn1. The number of rotatable bonds is 2. The summed E-state index contributed by atoms with van der Waals surface area (Å²) in [5.41, 5.74) is 5.23. The minimum Gasteiger partial charge on any atom is -0.370 e. The quantitative estimate of drug-likeness (QED) is 0.717. The van der Waals surface area contributed by atoms with Gasteiger partial charge in [0.15, 0.2) is 0 Å². The summed E-state index contributed by atoms with van der Waals surface area (Å²) in [4.78, 5) is 9.13. The summed E-state index contributed by atoms with van der Waals surface area (Å²) in [5, 5.41) is 12.7. The van der Waals surface area contributed by atoms with Gasteiger partial charge in [-0.05, 0) is 38.5 Å². The van der Waals surface area contributed by atoms with E-state index in [0.29, 0.717) is 0 Å². The molecule has 4 rings (SSSR count). The van der Waals surface area contributed by atoms with Crippen molar-refractivity contribution in [2.45, 2.75) is 20.3 Å². The first-order chi connectivity index (χ1) is 11.7. The van der Waals surface area contributed by atoms with E-state index in [1.54, 1.807) is 10.8 Å². The maximum Gasteiger partial charge on any atom is 0.200 e. The Morgan fingerprint density at radius 2 is 1.79 bits per heavy atom. The molecule has 0 aromatic carbocycles. The Morgan fingerprint density at radius 3 is 2.67 bits per heavy atom. The predicted octanol–water partition coefficient (Wildman–Crippen LogP) is 1.85. The lowest BCUT2D eigenvalue weighted by molar-refractivity contribution is 0.799. The Hall–Kier alpha value is -2.70. The standard InChI is InChI=1S/C17H21N7/c1-13-10-15(4-5-18-13)22-6-3-7-23(9-8-22)16-11-14(2)21-24-12-19-20-17(16)24/h4-5,10-12H,3,6-9H2,1-2H3. The van der Waals surface area contributed by atoms with E-state index in [2.05, 4.69) is 48.3 Å². The Bertz CT molecular complexity index is 857. The smallest absolute Gasteiger partial charge is 0.200 e. The van der Waals surface area contributed by atoms with Gasteiger partial charge in [-0.15, -0.1) is 10.2 Å². The maximum absolute atomic E-state index is 4.43. The molecule has 7 nitrogen and oxygen atoms in total. The Kier molecular flexibility index (Phi) is 3.76. The highest BCUT2D eigenvalue weighted by molar-refractivity contribution is 5.68. The normalized spacial score (nSPS) is 15.8. The van der Waals surface area contributed by atoms with E-state index in [1.165, 1.54) is 5.69 Å². The van der Waals surface area contributed by atoms with Gasteiger partial charge in [0.05, 0.1) is 11.4 Å². The summed E-state index contributed by atoms with van der Waals surface area (Å²) in [6, 6.07) is 6.36. The number of anilines is 2. The van der Waals surface area contributed by atoms with Gasteiger partial charge < -0.3 is 9.80 Å². The van der Waals surface area contributed by atoms with E-state index in [-0.39, 0.29) is 0 Å². The van der Waals surface area contributed by atoms with Crippen LogP contribution in [0.1, 0.15) is 17.8 Å². The molecule has 3 aromatic heterocycles. The third-order valence-corrected chi connectivity index (χ3v) is 4.45. The molecule has 0 radical (unpaired) electrons. The van der Waals surface area contributed by atoms with Crippen LogP contribution in [-0.4, -0.2) is 51.0 Å². The number of pyridine rings is 1. The number of aromatic nitrogens is 5. The van der Waals surface area contributed by atoms with Crippen molar-refractivity contribution >= 4 is 17.0 Å². The first kappa shape index (κ1) is 14.9. The van der Waals surface area contributed by atoms with Gasteiger partial charge in [-0.25, -0.2) is 0 Å². The Labute approximate surface area is 140 Å². The van der Waals surface area contributed by atoms with Crippen molar-refractivity contribution in [1.29, 1.82) is 0 Å². The molecule has 3 aromatic rings. The van der Waals surface area contributed by atoms with E-state index in [9.17, 15) is 0 Å². The topological polar surface area (TPSA) is 62.5 Å². The molecule has 0 spiro atoms. The van der Waals surface area contributed by atoms with Crippen LogP contribution in [-0.2, 0) is 0 Å². The summed E-state index contributed by atoms with van der Waals surface area (Å²) in [6.45, 7) is 8.03. The highest BCUT2D eigenvalue weighted by Gasteiger charge is 2.19. The minimum atomic E-state index is 0.828. The molecule has 0 N–H and O–H groups in total. The fourth-order valence-electron chi connectivity index (χ4n) is 3.31. The zero-order chi connectivity index (χ0) is 16.5. The van der Waals surface area contributed by atoms with Crippen LogP contribution < -0.4 is 9.80 Å². The van der Waals surface area contributed by atoms with E-state index in [0.717, 1.165) is 55.3 Å². The summed E-state index contributed by atoms with van der Waals surface area (Å²) < 4.78 is 1.76. The second-order valence-corrected chi connectivity index (χ2v) is 6.25. The van der Waals surface area contributed by atoms with Gasteiger partial charge in [-0.3, -0.25) is 4.98 Å². The molecule has 0 bridgehead atoms. The molecule has 24 heavy (non-hydrogen) atoms. The lowest BCUT2D eigenvalue weighted by Gasteiger charge is -2.25. The van der Waals surface area contributed by atoms with Crippen LogP contribution in [0.3, 0.4) is 0 Å². The van der Waals surface area contributed by atoms with Gasteiger partial charge in [-0.1, -0.05) is 0 Å². The monoisotopic (exact) mass is 323 g/mol. The van der Waals surface area contributed by atoms with Crippen LogP contribution >= 0.6 is 0 Å². The van der Waals surface area contributed by atoms with E-state index >= 15 is 0 Å². The van der Waals surface area contributed by atoms with Gasteiger partial charge >= 0.3 is 0 Å². The molecule has 4 heterocycles. The number of hydrogen-bond acceptors (Lipinski definition) is 6. The summed E-state index contributed by atoms with van der Waals surface area (Å²) in [7, 11) is 0. The molecule has 0 unspecified atom stereocenters. The molecule has 7 heteroatoms. The molecular formula is C17H21N7. The molecule has 1 aliphatic heterocycles. The van der Waals surface area contributed by atoms with Gasteiger partial charge in [0.25, 0.3) is 0 Å². The minimum absolute atomic E-state index is 0.828. The average Bonchev–Trinajstić information content (AvgIpc) is 2.89. The number of nitrogens with zero attached hydrogens (tertiary/aromatic N) is 7. The highest BCUT2D eigenvalue weighted by atomic mass is 15.4. The summed E-state index contributed by atoms with van der Waals surface area (Å²) in [5.74, 6) is 0. The fraction of sp³-hybridized carbons (Fsp3) is 0.412. The molecule has 0 saturated carbocycles. The van der Waals surface area contributed by atoms with Gasteiger partial charge in [-0.2, -0.15) is 9.61 Å². The first-order valence-corrected chi connectivity index (χ1v) is 8.31. The lowest BCUT2D eigenvalue weighted by Crippen LogP contribution is -2.31. The largest absolute Gasteiger partial charge is 0.370 e.